The Morgan fingerprint density at radius 3 is 2.70 bits per heavy atom. The van der Waals surface area contributed by atoms with Gasteiger partial charge in [0.1, 0.15) is 11.9 Å². The third kappa shape index (κ3) is 5.22. The molecule has 0 radical (unpaired) electrons. The van der Waals surface area contributed by atoms with Gasteiger partial charge in [0.05, 0.1) is 17.7 Å². The van der Waals surface area contributed by atoms with Crippen molar-refractivity contribution < 1.29 is 9.90 Å². The summed E-state index contributed by atoms with van der Waals surface area (Å²) >= 11 is 12.4. The largest absolute Gasteiger partial charge is 0.481 e. The molecule has 5 rings (SSSR count). The zero-order chi connectivity index (χ0) is 26.3. The molecule has 2 aliphatic heterocycles. The Kier molecular flexibility index (Phi) is 7.23. The van der Waals surface area contributed by atoms with Crippen LogP contribution in [0.2, 0.25) is 10.0 Å². The van der Waals surface area contributed by atoms with E-state index in [2.05, 4.69) is 26.2 Å². The van der Waals surface area contributed by atoms with Gasteiger partial charge in [-0.15, -0.1) is 0 Å². The minimum absolute atomic E-state index is 0.119. The van der Waals surface area contributed by atoms with E-state index < -0.39 is 11.4 Å². The first-order valence-electron chi connectivity index (χ1n) is 12.9. The van der Waals surface area contributed by atoms with Crippen LogP contribution in [-0.2, 0) is 4.79 Å². The second-order valence-corrected chi connectivity index (χ2v) is 11.9. The Balaban J connectivity index is 1.20. The van der Waals surface area contributed by atoms with Gasteiger partial charge in [-0.25, -0.2) is 9.97 Å². The van der Waals surface area contributed by atoms with Crippen molar-refractivity contribution in [2.24, 2.45) is 17.3 Å². The highest BCUT2D eigenvalue weighted by molar-refractivity contribution is 6.35. The van der Waals surface area contributed by atoms with Crippen LogP contribution in [0.1, 0.15) is 56.8 Å². The molecule has 3 aliphatic rings. The van der Waals surface area contributed by atoms with Crippen LogP contribution >= 0.6 is 23.2 Å². The molecule has 2 atom stereocenters. The molecule has 1 saturated carbocycles. The normalized spacial score (nSPS) is 27.1. The summed E-state index contributed by atoms with van der Waals surface area (Å²) in [6.07, 6.45) is 5.41. The minimum atomic E-state index is -0.677. The first kappa shape index (κ1) is 26.0. The highest BCUT2D eigenvalue weighted by Gasteiger charge is 2.49. The lowest BCUT2D eigenvalue weighted by Gasteiger charge is -2.52. The topological polar surface area (TPSA) is 105 Å². The van der Waals surface area contributed by atoms with E-state index in [1.807, 2.05) is 19.9 Å². The van der Waals surface area contributed by atoms with Gasteiger partial charge in [0, 0.05) is 35.7 Å². The molecule has 2 aromatic rings. The zero-order valence-corrected chi connectivity index (χ0v) is 22.6. The molecule has 8 nitrogen and oxygen atoms in total. The number of hydrogen-bond acceptors (Lipinski definition) is 7. The Labute approximate surface area is 227 Å². The van der Waals surface area contributed by atoms with Gasteiger partial charge >= 0.3 is 5.97 Å². The van der Waals surface area contributed by atoms with E-state index in [0.29, 0.717) is 45.3 Å². The number of nitriles is 1. The highest BCUT2D eigenvalue weighted by atomic mass is 35.5. The molecule has 3 heterocycles. The predicted octanol–water partition coefficient (Wildman–Crippen LogP) is 5.23. The zero-order valence-electron chi connectivity index (χ0n) is 21.1. The minimum Gasteiger partial charge on any atom is -0.481 e. The van der Waals surface area contributed by atoms with Crippen LogP contribution in [0, 0.1) is 28.6 Å². The molecule has 37 heavy (non-hydrogen) atoms. The van der Waals surface area contributed by atoms with E-state index in [9.17, 15) is 15.2 Å². The average Bonchev–Trinajstić information content (AvgIpc) is 2.81. The van der Waals surface area contributed by atoms with Crippen LogP contribution in [0.4, 0.5) is 11.6 Å². The van der Waals surface area contributed by atoms with E-state index in [1.165, 1.54) is 6.42 Å². The standard InChI is InChI=1S/C27H32Cl2N6O2/c1-16(21-6-5-19(28)8-22(21)29)32-24-12-31-23(11-30)25(33-24)35-14-18(15-35)17-4-3-7-34(13-17)20-9-27(2,10-20)26(36)37/h5-6,8,12,16-18,20H,3-4,7,9-10,13-15H2,1-2H3,(H,32,33)(H,36,37)/t16-,17+,20?,27?/m1/s1. The molecule has 0 amide bonds. The van der Waals surface area contributed by atoms with Gasteiger partial charge in [0.2, 0.25) is 0 Å². The van der Waals surface area contributed by atoms with Crippen molar-refractivity contribution in [2.45, 2.75) is 51.6 Å². The van der Waals surface area contributed by atoms with Crippen molar-refractivity contribution in [1.29, 1.82) is 5.26 Å². The maximum atomic E-state index is 11.5. The molecule has 1 aliphatic carbocycles. The van der Waals surface area contributed by atoms with Crippen molar-refractivity contribution in [2.75, 3.05) is 36.4 Å². The van der Waals surface area contributed by atoms with Crippen LogP contribution in [0.5, 0.6) is 0 Å². The summed E-state index contributed by atoms with van der Waals surface area (Å²) in [6.45, 7) is 7.63. The van der Waals surface area contributed by atoms with Crippen molar-refractivity contribution in [3.05, 3.63) is 45.7 Å². The fourth-order valence-electron chi connectivity index (χ4n) is 6.05. The number of halogens is 2. The SMILES string of the molecule is C[C@@H](Nc1cnc(C#N)c(N2CC([C@H]3CCCN(C4CC(C)(C(=O)O)C4)C3)C2)n1)c1ccc(Cl)cc1Cl. The summed E-state index contributed by atoms with van der Waals surface area (Å²) < 4.78 is 0. The molecule has 2 N–H and O–H groups in total. The average molecular weight is 543 g/mol. The highest BCUT2D eigenvalue weighted by Crippen LogP contribution is 2.45. The molecular formula is C27H32Cl2N6O2. The molecule has 1 aromatic carbocycles. The quantitative estimate of drug-likeness (QED) is 0.489. The van der Waals surface area contributed by atoms with Crippen molar-refractivity contribution in [3.63, 3.8) is 0 Å². The van der Waals surface area contributed by atoms with E-state index >= 15 is 0 Å². The van der Waals surface area contributed by atoms with Crippen molar-refractivity contribution >= 4 is 40.8 Å². The summed E-state index contributed by atoms with van der Waals surface area (Å²) in [7, 11) is 0. The molecule has 196 valence electrons. The third-order valence-corrected chi connectivity index (χ3v) is 8.99. The number of aliphatic carboxylic acids is 1. The predicted molar refractivity (Wildman–Crippen MR) is 144 cm³/mol. The lowest BCUT2D eigenvalue weighted by Crippen LogP contribution is -2.58. The number of rotatable bonds is 7. The Morgan fingerprint density at radius 1 is 1.27 bits per heavy atom. The molecule has 1 aromatic heterocycles. The van der Waals surface area contributed by atoms with Gasteiger partial charge in [-0.2, -0.15) is 5.26 Å². The van der Waals surface area contributed by atoms with E-state index in [0.717, 1.165) is 51.0 Å². The number of hydrogen-bond donors (Lipinski definition) is 2. The smallest absolute Gasteiger partial charge is 0.309 e. The molecule has 2 saturated heterocycles. The second kappa shape index (κ2) is 10.3. The number of likely N-dealkylation sites (tertiary alicyclic amines) is 1. The van der Waals surface area contributed by atoms with Gasteiger partial charge < -0.3 is 20.2 Å². The van der Waals surface area contributed by atoms with E-state index in [1.54, 1.807) is 18.3 Å². The lowest BCUT2D eigenvalue weighted by molar-refractivity contribution is -0.158. The molecular weight excluding hydrogens is 511 g/mol. The summed E-state index contributed by atoms with van der Waals surface area (Å²) in [5.74, 6) is 1.64. The number of nitrogens with zero attached hydrogens (tertiary/aromatic N) is 5. The Morgan fingerprint density at radius 2 is 2.03 bits per heavy atom. The van der Waals surface area contributed by atoms with E-state index in [-0.39, 0.29) is 6.04 Å². The Bertz CT molecular complexity index is 1220. The summed E-state index contributed by atoms with van der Waals surface area (Å²) in [5, 5.41) is 23.6. The summed E-state index contributed by atoms with van der Waals surface area (Å²) in [6, 6.07) is 7.86. The summed E-state index contributed by atoms with van der Waals surface area (Å²) in [5.41, 5.74) is 0.667. The third-order valence-electron chi connectivity index (χ3n) is 8.42. The van der Waals surface area contributed by atoms with Crippen molar-refractivity contribution in [3.8, 4) is 6.07 Å². The van der Waals surface area contributed by atoms with Gasteiger partial charge in [0.25, 0.3) is 0 Å². The number of carboxylic acid groups (broad SMARTS) is 1. The maximum Gasteiger partial charge on any atom is 0.309 e. The lowest BCUT2D eigenvalue weighted by atomic mass is 9.65. The number of nitrogens with one attached hydrogen (secondary N) is 1. The molecule has 10 heteroatoms. The van der Waals surface area contributed by atoms with Crippen LogP contribution in [0.15, 0.2) is 24.4 Å². The maximum absolute atomic E-state index is 11.5. The number of piperidine rings is 1. The van der Waals surface area contributed by atoms with Crippen LogP contribution in [0.3, 0.4) is 0 Å². The fourth-order valence-corrected chi connectivity index (χ4v) is 6.63. The van der Waals surface area contributed by atoms with Crippen molar-refractivity contribution in [1.82, 2.24) is 14.9 Å². The Hall–Kier alpha value is -2.60. The monoisotopic (exact) mass is 542 g/mol. The second-order valence-electron chi connectivity index (χ2n) is 11.1. The number of carbonyl (C=O) groups is 1. The number of benzene rings is 1. The van der Waals surface area contributed by atoms with Crippen LogP contribution in [0.25, 0.3) is 0 Å². The van der Waals surface area contributed by atoms with E-state index in [4.69, 9.17) is 28.2 Å². The number of anilines is 2. The van der Waals surface area contributed by atoms with Gasteiger partial charge in [-0.05, 0) is 75.6 Å². The fraction of sp³-hybridized carbons (Fsp3) is 0.556. The molecule has 0 unspecified atom stereocenters. The van der Waals surface area contributed by atoms with Crippen LogP contribution in [-0.4, -0.2) is 58.2 Å². The van der Waals surface area contributed by atoms with Crippen LogP contribution < -0.4 is 10.2 Å². The molecule has 0 spiro atoms. The number of aromatic nitrogens is 2. The molecule has 3 fully saturated rings. The van der Waals surface area contributed by atoms with Gasteiger partial charge in [-0.3, -0.25) is 4.79 Å². The first-order valence-corrected chi connectivity index (χ1v) is 13.6. The molecule has 0 bridgehead atoms. The first-order chi connectivity index (χ1) is 17.7. The number of carboxylic acids is 1. The van der Waals surface area contributed by atoms with Gasteiger partial charge in [-0.1, -0.05) is 29.3 Å². The van der Waals surface area contributed by atoms with Gasteiger partial charge in [0.15, 0.2) is 11.5 Å². The summed E-state index contributed by atoms with van der Waals surface area (Å²) in [4.78, 5) is 25.3.